The number of halogens is 1. The maximum atomic E-state index is 14.3. The Hall–Kier alpha value is -4.02. The first-order valence-electron chi connectivity index (χ1n) is 11.9. The number of hydrogen-bond donors (Lipinski definition) is 1. The lowest BCUT2D eigenvalue weighted by atomic mass is 10.1. The Kier molecular flexibility index (Phi) is 11.4. The van der Waals surface area contributed by atoms with E-state index in [0.29, 0.717) is 16.0 Å². The summed E-state index contributed by atoms with van der Waals surface area (Å²) in [5.74, 6) is -2.40. The van der Waals surface area contributed by atoms with Crippen LogP contribution in [0.3, 0.4) is 0 Å². The molecule has 0 saturated carbocycles. The molecule has 1 aromatic heterocycles. The van der Waals surface area contributed by atoms with Crippen LogP contribution in [-0.4, -0.2) is 67.3 Å². The number of carboxylic acid groups (broad SMARTS) is 1. The minimum atomic E-state index is -1.52. The number of nitriles is 1. The van der Waals surface area contributed by atoms with Crippen LogP contribution in [0.15, 0.2) is 18.2 Å². The number of methoxy groups -OCH3 is 1. The van der Waals surface area contributed by atoms with Crippen LogP contribution in [0.1, 0.15) is 52.7 Å². The number of aliphatic carboxylic acids is 1. The molecular weight excluding hydrogens is 533 g/mol. The van der Waals surface area contributed by atoms with Crippen LogP contribution in [0.2, 0.25) is 0 Å². The molecule has 1 N–H and O–H groups in total. The molecule has 11 nitrogen and oxygen atoms in total. The largest absolute Gasteiger partial charge is 0.496 e. The molecule has 1 aromatic carbocycles. The Morgan fingerprint density at radius 2 is 1.95 bits per heavy atom. The molecule has 0 radical (unpaired) electrons. The van der Waals surface area contributed by atoms with Gasteiger partial charge in [0.25, 0.3) is 0 Å². The molecule has 0 bridgehead atoms. The third-order valence-corrected chi connectivity index (χ3v) is 7.29. The van der Waals surface area contributed by atoms with Crippen LogP contribution < -0.4 is 9.64 Å². The first kappa shape index (κ1) is 31.2. The molecule has 2 atom stereocenters. The third-order valence-electron chi connectivity index (χ3n) is 5.89. The Morgan fingerprint density at radius 3 is 2.51 bits per heavy atom. The van der Waals surface area contributed by atoms with Crippen molar-refractivity contribution in [3.63, 3.8) is 0 Å². The Morgan fingerprint density at radius 1 is 1.26 bits per heavy atom. The maximum Gasteiger partial charge on any atom is 0.348 e. The average molecular weight is 564 g/mol. The lowest BCUT2D eigenvalue weighted by molar-refractivity contribution is -0.143. The van der Waals surface area contributed by atoms with Crippen LogP contribution in [0.5, 0.6) is 5.75 Å². The van der Waals surface area contributed by atoms with Gasteiger partial charge < -0.3 is 19.3 Å². The van der Waals surface area contributed by atoms with E-state index >= 15 is 0 Å². The van der Waals surface area contributed by atoms with E-state index in [0.717, 1.165) is 22.3 Å². The van der Waals surface area contributed by atoms with E-state index in [1.54, 1.807) is 20.8 Å². The summed E-state index contributed by atoms with van der Waals surface area (Å²) in [6.45, 7) is 5.83. The second kappa shape index (κ2) is 14.2. The number of benzene rings is 1. The number of esters is 1. The van der Waals surface area contributed by atoms with Gasteiger partial charge in [-0.3, -0.25) is 14.6 Å². The molecular formula is C26H30FN3O8S. The van der Waals surface area contributed by atoms with Crippen molar-refractivity contribution >= 4 is 40.7 Å². The van der Waals surface area contributed by atoms with E-state index < -0.39 is 35.9 Å². The zero-order chi connectivity index (χ0) is 29.3. The van der Waals surface area contributed by atoms with Crippen LogP contribution in [0.25, 0.3) is 0 Å². The minimum absolute atomic E-state index is 0.0112. The molecule has 13 heteroatoms. The lowest BCUT2D eigenvalue weighted by Gasteiger charge is -2.32. The van der Waals surface area contributed by atoms with E-state index in [4.69, 9.17) is 19.5 Å². The summed E-state index contributed by atoms with van der Waals surface area (Å²) < 4.78 is 30.7. The monoisotopic (exact) mass is 563 g/mol. The van der Waals surface area contributed by atoms with Crippen molar-refractivity contribution in [2.75, 3.05) is 31.8 Å². The topological polar surface area (TPSA) is 146 Å². The number of amides is 3. The van der Waals surface area contributed by atoms with Gasteiger partial charge in [-0.15, -0.1) is 11.3 Å². The molecule has 0 aliphatic rings. The van der Waals surface area contributed by atoms with Crippen molar-refractivity contribution in [3.8, 4) is 11.8 Å². The Labute approximate surface area is 229 Å². The first-order chi connectivity index (χ1) is 18.5. The summed E-state index contributed by atoms with van der Waals surface area (Å²) in [6.07, 6.45) is -0.984. The summed E-state index contributed by atoms with van der Waals surface area (Å²) in [6, 6.07) is 3.12. The molecule has 0 aliphatic heterocycles. The van der Waals surface area contributed by atoms with Gasteiger partial charge in [0.05, 0.1) is 39.4 Å². The van der Waals surface area contributed by atoms with Crippen molar-refractivity contribution < 1.29 is 42.9 Å². The van der Waals surface area contributed by atoms with Crippen molar-refractivity contribution in [3.05, 3.63) is 45.6 Å². The number of carboxylic acids is 1. The SMILES string of the molecule is CCOC(=O)c1sc(N(C[C@H](OCCC#N)c2cc(F)ccc2OC)C(=O)N(C=O)C(C)C(=O)O)c(C)c1C. The van der Waals surface area contributed by atoms with E-state index in [9.17, 15) is 28.7 Å². The van der Waals surface area contributed by atoms with Gasteiger partial charge in [-0.1, -0.05) is 0 Å². The predicted molar refractivity (Wildman–Crippen MR) is 139 cm³/mol. The number of nitrogens with zero attached hydrogens (tertiary/aromatic N) is 3. The highest BCUT2D eigenvalue weighted by Gasteiger charge is 2.35. The van der Waals surface area contributed by atoms with Crippen molar-refractivity contribution in [1.82, 2.24) is 4.90 Å². The second-order valence-electron chi connectivity index (χ2n) is 8.28. The standard InChI is InChI=1S/C26H30FN3O8S/c1-6-37-25(34)22-15(2)16(3)23(39-22)29(26(35)30(14-31)17(4)24(32)33)13-21(38-11-7-10-28)19-12-18(27)8-9-20(19)36-5/h8-9,12,14,17,21H,6-7,11,13H2,1-5H3,(H,32,33)/t17?,21-/m0/s1. The molecule has 1 heterocycles. The van der Waals surface area contributed by atoms with Gasteiger partial charge >= 0.3 is 18.0 Å². The molecule has 2 rings (SSSR count). The minimum Gasteiger partial charge on any atom is -0.496 e. The summed E-state index contributed by atoms with van der Waals surface area (Å²) in [4.78, 5) is 51.7. The number of urea groups is 1. The van der Waals surface area contributed by atoms with Crippen LogP contribution in [-0.2, 0) is 19.1 Å². The van der Waals surface area contributed by atoms with E-state index in [1.165, 1.54) is 26.2 Å². The molecule has 3 amide bonds. The molecule has 0 aliphatic carbocycles. The fraction of sp³-hybridized carbons (Fsp3) is 0.423. The van der Waals surface area contributed by atoms with Crippen molar-refractivity contribution in [2.45, 2.75) is 46.3 Å². The molecule has 0 spiro atoms. The molecule has 1 unspecified atom stereocenters. The van der Waals surface area contributed by atoms with Gasteiger partial charge in [0.2, 0.25) is 6.41 Å². The van der Waals surface area contributed by atoms with Crippen LogP contribution in [0, 0.1) is 31.0 Å². The van der Waals surface area contributed by atoms with Gasteiger partial charge in [0, 0.05) is 5.56 Å². The zero-order valence-electron chi connectivity index (χ0n) is 22.2. The fourth-order valence-corrected chi connectivity index (χ4v) is 4.86. The van der Waals surface area contributed by atoms with Gasteiger partial charge in [-0.25, -0.2) is 18.8 Å². The predicted octanol–water partition coefficient (Wildman–Crippen LogP) is 4.22. The number of rotatable bonds is 13. The number of thiophene rings is 1. The molecule has 0 fully saturated rings. The second-order valence-corrected chi connectivity index (χ2v) is 9.28. The molecule has 2 aromatic rings. The molecule has 39 heavy (non-hydrogen) atoms. The van der Waals surface area contributed by atoms with Gasteiger partial charge in [-0.2, -0.15) is 5.26 Å². The summed E-state index contributed by atoms with van der Waals surface area (Å²) in [7, 11) is 1.37. The summed E-state index contributed by atoms with van der Waals surface area (Å²) in [5.41, 5.74) is 1.25. The lowest BCUT2D eigenvalue weighted by Crippen LogP contribution is -2.50. The van der Waals surface area contributed by atoms with Crippen LogP contribution in [0.4, 0.5) is 14.2 Å². The van der Waals surface area contributed by atoms with Crippen molar-refractivity contribution in [2.24, 2.45) is 0 Å². The van der Waals surface area contributed by atoms with Gasteiger partial charge in [0.1, 0.15) is 33.6 Å². The smallest absolute Gasteiger partial charge is 0.348 e. The molecule has 210 valence electrons. The highest BCUT2D eigenvalue weighted by atomic mass is 32.1. The fourth-order valence-electron chi connectivity index (χ4n) is 3.65. The van der Waals surface area contributed by atoms with Gasteiger partial charge in [-0.05, 0) is 57.0 Å². The normalized spacial score (nSPS) is 12.1. The highest BCUT2D eigenvalue weighted by molar-refractivity contribution is 7.18. The van der Waals surface area contributed by atoms with E-state index in [1.807, 2.05) is 6.07 Å². The van der Waals surface area contributed by atoms with Crippen molar-refractivity contribution in [1.29, 1.82) is 5.26 Å². The number of anilines is 1. The number of imide groups is 1. The van der Waals surface area contributed by atoms with Gasteiger partial charge in [0.15, 0.2) is 0 Å². The highest BCUT2D eigenvalue weighted by Crippen LogP contribution is 2.39. The number of carbonyl (C=O) groups excluding carboxylic acids is 3. The number of carbonyl (C=O) groups is 4. The number of hydrogen-bond acceptors (Lipinski definition) is 9. The quantitative estimate of drug-likeness (QED) is 0.215. The first-order valence-corrected chi connectivity index (χ1v) is 12.7. The zero-order valence-corrected chi connectivity index (χ0v) is 23.0. The average Bonchev–Trinajstić information content (AvgIpc) is 3.20. The van der Waals surface area contributed by atoms with Crippen LogP contribution >= 0.6 is 11.3 Å². The Balaban J connectivity index is 2.72. The third kappa shape index (κ3) is 7.30. The number of ether oxygens (including phenoxy) is 3. The summed E-state index contributed by atoms with van der Waals surface area (Å²) in [5, 5.41) is 18.7. The Bertz CT molecular complexity index is 1260. The summed E-state index contributed by atoms with van der Waals surface area (Å²) >= 11 is 0.925. The maximum absolute atomic E-state index is 14.3. The van der Waals surface area contributed by atoms with E-state index in [2.05, 4.69) is 0 Å². The van der Waals surface area contributed by atoms with E-state index in [-0.39, 0.29) is 53.8 Å². The molecule has 0 saturated heterocycles.